The van der Waals surface area contributed by atoms with Gasteiger partial charge in [0.25, 0.3) is 5.91 Å². The number of anilines is 2. The molecule has 0 radical (unpaired) electrons. The molecule has 4 rings (SSSR count). The maximum Gasteiger partial charge on any atom is 0.254 e. The van der Waals surface area contributed by atoms with E-state index in [4.69, 9.17) is 13.9 Å². The van der Waals surface area contributed by atoms with Crippen molar-refractivity contribution in [2.75, 3.05) is 30.1 Å². The third-order valence-electron chi connectivity index (χ3n) is 6.09. The zero-order valence-electron chi connectivity index (χ0n) is 22.7. The number of dihydropyridines is 1. The van der Waals surface area contributed by atoms with Crippen LogP contribution >= 0.6 is 11.8 Å². The van der Waals surface area contributed by atoms with Crippen LogP contribution in [0.2, 0.25) is 0 Å². The third-order valence-corrected chi connectivity index (χ3v) is 7.11. The van der Waals surface area contributed by atoms with Gasteiger partial charge in [-0.25, -0.2) is 0 Å². The Hall–Kier alpha value is -4.62. The highest BCUT2D eigenvalue weighted by molar-refractivity contribution is 8.03. The number of ether oxygens (including phenoxy) is 2. The molecule has 0 saturated carbocycles. The summed E-state index contributed by atoms with van der Waals surface area (Å²) in [5.74, 6) is 0.957. The van der Waals surface area contributed by atoms with Crippen molar-refractivity contribution in [3.05, 3.63) is 94.1 Å². The van der Waals surface area contributed by atoms with Crippen molar-refractivity contribution in [3.63, 3.8) is 0 Å². The number of amides is 2. The summed E-state index contributed by atoms with van der Waals surface area (Å²) in [6, 6.07) is 20.0. The minimum atomic E-state index is -0.772. The van der Waals surface area contributed by atoms with Crippen LogP contribution < -0.4 is 25.4 Å². The van der Waals surface area contributed by atoms with Gasteiger partial charge in [0.05, 0.1) is 53.3 Å². The fourth-order valence-electron chi connectivity index (χ4n) is 4.29. The standard InChI is InChI=1S/C30H30N4O5S/c1-5-38-21-13-11-20(12-14-21)33-26(35)17-40-30-22(16-31)28(25-15-10-18(2)39-25)27(19(3)32-30)29(36)34-23-8-6-7-9-24(23)37-4/h6-15,28,32H,5,17H2,1-4H3,(H,33,35)(H,34,36)/t28-/m1/s1. The van der Waals surface area contributed by atoms with Crippen molar-refractivity contribution < 1.29 is 23.5 Å². The summed E-state index contributed by atoms with van der Waals surface area (Å²) in [5, 5.41) is 19.7. The van der Waals surface area contributed by atoms with Crippen LogP contribution in [0.1, 0.15) is 31.3 Å². The molecule has 1 aromatic heterocycles. The summed E-state index contributed by atoms with van der Waals surface area (Å²) in [5.41, 5.74) is 2.29. The van der Waals surface area contributed by atoms with Gasteiger partial charge in [0.2, 0.25) is 5.91 Å². The van der Waals surface area contributed by atoms with E-state index in [1.165, 1.54) is 18.9 Å². The molecule has 0 spiro atoms. The lowest BCUT2D eigenvalue weighted by molar-refractivity contribution is -0.114. The highest BCUT2D eigenvalue weighted by Gasteiger charge is 2.37. The number of aryl methyl sites for hydroxylation is 1. The topological polar surface area (TPSA) is 126 Å². The van der Waals surface area contributed by atoms with Gasteiger partial charge >= 0.3 is 0 Å². The van der Waals surface area contributed by atoms with Crippen LogP contribution in [0.25, 0.3) is 0 Å². The van der Waals surface area contributed by atoms with Crippen molar-refractivity contribution in [3.8, 4) is 17.6 Å². The van der Waals surface area contributed by atoms with E-state index in [0.717, 1.165) is 5.75 Å². The molecule has 0 fully saturated rings. The van der Waals surface area contributed by atoms with Gasteiger partial charge in [-0.15, -0.1) is 0 Å². The Morgan fingerprint density at radius 1 is 1.07 bits per heavy atom. The number of nitrogens with zero attached hydrogens (tertiary/aromatic N) is 1. The highest BCUT2D eigenvalue weighted by Crippen LogP contribution is 2.42. The summed E-state index contributed by atoms with van der Waals surface area (Å²) in [7, 11) is 1.53. The van der Waals surface area contributed by atoms with Gasteiger partial charge in [0.1, 0.15) is 23.0 Å². The fourth-order valence-corrected chi connectivity index (χ4v) is 5.19. The van der Waals surface area contributed by atoms with Crippen molar-refractivity contribution in [2.45, 2.75) is 26.7 Å². The molecule has 1 atom stereocenters. The third kappa shape index (κ3) is 6.50. The van der Waals surface area contributed by atoms with E-state index in [0.29, 0.717) is 51.6 Å². The molecule has 2 amide bonds. The fraction of sp³-hybridized carbons (Fsp3) is 0.233. The van der Waals surface area contributed by atoms with Crippen LogP contribution in [0, 0.1) is 18.3 Å². The molecule has 0 saturated heterocycles. The van der Waals surface area contributed by atoms with Gasteiger partial charge in [-0.05, 0) is 69.3 Å². The Morgan fingerprint density at radius 3 is 2.48 bits per heavy atom. The van der Waals surface area contributed by atoms with E-state index >= 15 is 0 Å². The minimum absolute atomic E-state index is 0.0423. The average Bonchev–Trinajstić information content (AvgIpc) is 3.38. The number of allylic oxidation sites excluding steroid dienone is 2. The minimum Gasteiger partial charge on any atom is -0.495 e. The van der Waals surface area contributed by atoms with Gasteiger partial charge in [-0.3, -0.25) is 9.59 Å². The number of nitriles is 1. The van der Waals surface area contributed by atoms with Crippen LogP contribution in [-0.2, 0) is 9.59 Å². The van der Waals surface area contributed by atoms with Crippen molar-refractivity contribution >= 4 is 35.0 Å². The number of rotatable bonds is 10. The molecule has 40 heavy (non-hydrogen) atoms. The Morgan fingerprint density at radius 2 is 1.82 bits per heavy atom. The van der Waals surface area contributed by atoms with Gasteiger partial charge in [-0.1, -0.05) is 23.9 Å². The van der Waals surface area contributed by atoms with E-state index in [1.807, 2.05) is 13.0 Å². The zero-order valence-corrected chi connectivity index (χ0v) is 23.5. The first-order valence-electron chi connectivity index (χ1n) is 12.6. The largest absolute Gasteiger partial charge is 0.495 e. The van der Waals surface area contributed by atoms with Crippen molar-refractivity contribution in [2.24, 2.45) is 0 Å². The summed E-state index contributed by atoms with van der Waals surface area (Å²) in [6.45, 7) is 6.02. The Bertz CT molecular complexity index is 1500. The van der Waals surface area contributed by atoms with Gasteiger partial charge in [-0.2, -0.15) is 5.26 Å². The molecule has 2 heterocycles. The lowest BCUT2D eigenvalue weighted by atomic mass is 9.85. The second-order valence-corrected chi connectivity index (χ2v) is 9.83. The molecule has 2 aromatic carbocycles. The van der Waals surface area contributed by atoms with Crippen molar-refractivity contribution in [1.29, 1.82) is 5.26 Å². The molecule has 3 N–H and O–H groups in total. The first-order valence-corrected chi connectivity index (χ1v) is 13.6. The molecule has 10 heteroatoms. The van der Waals surface area contributed by atoms with Gasteiger partial charge in [0.15, 0.2) is 0 Å². The first kappa shape index (κ1) is 28.4. The van der Waals surface area contributed by atoms with E-state index in [9.17, 15) is 14.9 Å². The first-order chi connectivity index (χ1) is 19.3. The van der Waals surface area contributed by atoms with Crippen molar-refractivity contribution in [1.82, 2.24) is 5.32 Å². The molecule has 0 bridgehead atoms. The number of hydrogen-bond acceptors (Lipinski definition) is 8. The molecular weight excluding hydrogens is 528 g/mol. The number of furan rings is 1. The lowest BCUT2D eigenvalue weighted by Gasteiger charge is -2.28. The summed E-state index contributed by atoms with van der Waals surface area (Å²) in [4.78, 5) is 26.4. The number of methoxy groups -OCH3 is 1. The van der Waals surface area contributed by atoms with Gasteiger partial charge in [0, 0.05) is 11.4 Å². The lowest BCUT2D eigenvalue weighted by Crippen LogP contribution is -2.31. The van der Waals surface area contributed by atoms with Crippen LogP contribution in [0.15, 0.2) is 87.0 Å². The van der Waals surface area contributed by atoms with E-state index < -0.39 is 11.8 Å². The summed E-state index contributed by atoms with van der Waals surface area (Å²) in [6.07, 6.45) is 0. The molecule has 1 aliphatic heterocycles. The van der Waals surface area contributed by atoms with E-state index in [1.54, 1.807) is 68.4 Å². The van der Waals surface area contributed by atoms with Crippen LogP contribution in [-0.4, -0.2) is 31.3 Å². The molecule has 1 aliphatic rings. The number of carbonyl (C=O) groups is 2. The number of para-hydroxylation sites is 2. The Labute approximate surface area is 237 Å². The smallest absolute Gasteiger partial charge is 0.254 e. The monoisotopic (exact) mass is 558 g/mol. The predicted octanol–water partition coefficient (Wildman–Crippen LogP) is 5.70. The van der Waals surface area contributed by atoms with Gasteiger partial charge < -0.3 is 29.8 Å². The number of nitrogens with one attached hydrogen (secondary N) is 3. The molecule has 0 aliphatic carbocycles. The highest BCUT2D eigenvalue weighted by atomic mass is 32.2. The normalized spacial score (nSPS) is 14.7. The summed E-state index contributed by atoms with van der Waals surface area (Å²) >= 11 is 1.18. The SMILES string of the molecule is CCOc1ccc(NC(=O)CSC2=C(C#N)[C@H](c3ccc(C)o3)C(C(=O)Nc3ccccc3OC)=C(C)N2)cc1. The Balaban J connectivity index is 1.57. The predicted molar refractivity (Wildman–Crippen MR) is 155 cm³/mol. The second-order valence-electron chi connectivity index (χ2n) is 8.85. The van der Waals surface area contributed by atoms with Crippen LogP contribution in [0.5, 0.6) is 11.5 Å². The average molecular weight is 559 g/mol. The Kier molecular flexibility index (Phi) is 9.19. The zero-order chi connectivity index (χ0) is 28.6. The number of carbonyl (C=O) groups excluding carboxylic acids is 2. The molecule has 3 aromatic rings. The summed E-state index contributed by atoms with van der Waals surface area (Å²) < 4.78 is 16.7. The van der Waals surface area contributed by atoms with Crippen LogP contribution in [0.4, 0.5) is 11.4 Å². The molecular formula is C30H30N4O5S. The number of hydrogen-bond donors (Lipinski definition) is 3. The number of thioether (sulfide) groups is 1. The van der Waals surface area contributed by atoms with E-state index in [-0.39, 0.29) is 17.2 Å². The molecule has 0 unspecified atom stereocenters. The number of benzene rings is 2. The van der Waals surface area contributed by atoms with E-state index in [2.05, 4.69) is 22.0 Å². The second kappa shape index (κ2) is 13.0. The molecule has 206 valence electrons. The van der Waals surface area contributed by atoms with Crippen LogP contribution in [0.3, 0.4) is 0 Å². The maximum atomic E-state index is 13.6. The molecule has 9 nitrogen and oxygen atoms in total. The maximum absolute atomic E-state index is 13.6. The quantitative estimate of drug-likeness (QED) is 0.289.